The van der Waals surface area contributed by atoms with Crippen LogP contribution in [0.3, 0.4) is 0 Å². The fraction of sp³-hybridized carbons (Fsp3) is 0.533. The Bertz CT molecular complexity index is 504. The molecule has 1 aromatic rings. The van der Waals surface area contributed by atoms with E-state index >= 15 is 0 Å². The first kappa shape index (κ1) is 15.2. The van der Waals surface area contributed by atoms with Gasteiger partial charge in [0.1, 0.15) is 0 Å². The van der Waals surface area contributed by atoms with Crippen LogP contribution < -0.4 is 10.6 Å². The van der Waals surface area contributed by atoms with E-state index in [1.165, 1.54) is 11.1 Å². The average Bonchev–Trinajstić information content (AvgIpc) is 2.46. The van der Waals surface area contributed by atoms with Gasteiger partial charge in [-0.15, -0.1) is 0 Å². The number of fused-ring (bicyclic) bond motifs is 1. The fourth-order valence-electron chi connectivity index (χ4n) is 2.33. The minimum absolute atomic E-state index is 0.0357. The molecule has 2 unspecified atom stereocenters. The largest absolute Gasteiger partial charge is 0.355 e. The first-order valence-corrected chi connectivity index (χ1v) is 8.60. The molecule has 20 heavy (non-hydrogen) atoms. The Balaban J connectivity index is 1.81. The summed E-state index contributed by atoms with van der Waals surface area (Å²) in [4.78, 5) is 12.1. The van der Waals surface area contributed by atoms with Gasteiger partial charge in [-0.1, -0.05) is 31.2 Å². The lowest BCUT2D eigenvalue weighted by Gasteiger charge is -2.25. The zero-order valence-corrected chi connectivity index (χ0v) is 12.8. The lowest BCUT2D eigenvalue weighted by Crippen LogP contribution is -2.48. The van der Waals surface area contributed by atoms with Crippen molar-refractivity contribution in [3.63, 3.8) is 0 Å². The Hall–Kier alpha value is -1.20. The highest BCUT2D eigenvalue weighted by Crippen LogP contribution is 2.16. The second-order valence-corrected chi connectivity index (χ2v) is 7.10. The number of benzene rings is 1. The highest BCUT2D eigenvalue weighted by molar-refractivity contribution is 7.84. The summed E-state index contributed by atoms with van der Waals surface area (Å²) in [6.45, 7) is 3.26. The van der Waals surface area contributed by atoms with Crippen LogP contribution in [0.2, 0.25) is 0 Å². The second kappa shape index (κ2) is 6.99. The molecule has 110 valence electrons. The highest BCUT2D eigenvalue weighted by Gasteiger charge is 2.23. The summed E-state index contributed by atoms with van der Waals surface area (Å²) < 4.78 is 11.2. The molecule has 4 nitrogen and oxygen atoms in total. The summed E-state index contributed by atoms with van der Waals surface area (Å²) in [5.41, 5.74) is 2.51. The average molecular weight is 294 g/mol. The molecule has 0 aliphatic carbocycles. The smallest absolute Gasteiger partial charge is 0.237 e. The van der Waals surface area contributed by atoms with Gasteiger partial charge in [0.15, 0.2) is 0 Å². The molecule has 1 aliphatic heterocycles. The summed E-state index contributed by atoms with van der Waals surface area (Å²) in [5.74, 6) is 0.0357. The summed E-state index contributed by atoms with van der Waals surface area (Å²) in [7, 11) is -0.826. The number of hydrogen-bond acceptors (Lipinski definition) is 3. The van der Waals surface area contributed by atoms with Crippen molar-refractivity contribution < 1.29 is 9.00 Å². The molecule has 1 aromatic carbocycles. The second-order valence-electron chi connectivity index (χ2n) is 5.30. The number of hydrogen-bond donors (Lipinski definition) is 2. The number of amides is 1. The Morgan fingerprint density at radius 2 is 2.15 bits per heavy atom. The van der Waals surface area contributed by atoms with Crippen molar-refractivity contribution in [2.75, 3.05) is 12.8 Å². The Morgan fingerprint density at radius 3 is 2.85 bits per heavy atom. The van der Waals surface area contributed by atoms with Crippen molar-refractivity contribution in [3.05, 3.63) is 35.4 Å². The maximum absolute atomic E-state index is 12.1. The standard InChI is InChI=1S/C15H22N2O2S/c1-11(20(2)19)7-8-16-15(18)14-9-12-5-3-4-6-13(12)10-17-14/h3-6,11,14,17H,7-10H2,1-2H3,(H,16,18)/t11?,14-,20?/m0/s1. The number of carbonyl (C=O) groups excluding carboxylic acids is 1. The van der Waals surface area contributed by atoms with Crippen molar-refractivity contribution >= 4 is 16.7 Å². The normalized spacial score (nSPS) is 20.8. The molecule has 0 radical (unpaired) electrons. The van der Waals surface area contributed by atoms with Gasteiger partial charge < -0.3 is 10.6 Å². The minimum atomic E-state index is -0.826. The molecule has 0 bridgehead atoms. The number of rotatable bonds is 5. The van der Waals surface area contributed by atoms with Crippen LogP contribution in [0.1, 0.15) is 24.5 Å². The molecule has 1 aliphatic rings. The summed E-state index contributed by atoms with van der Waals surface area (Å²) in [6, 6.07) is 8.05. The van der Waals surface area contributed by atoms with Gasteiger partial charge in [-0.3, -0.25) is 9.00 Å². The van der Waals surface area contributed by atoms with Crippen LogP contribution >= 0.6 is 0 Å². The zero-order valence-electron chi connectivity index (χ0n) is 12.0. The molecule has 1 amide bonds. The summed E-state index contributed by atoms with van der Waals surface area (Å²) in [5, 5.41) is 6.32. The monoisotopic (exact) mass is 294 g/mol. The Morgan fingerprint density at radius 1 is 1.45 bits per heavy atom. The van der Waals surface area contributed by atoms with Crippen LogP contribution in [0.15, 0.2) is 24.3 Å². The quantitative estimate of drug-likeness (QED) is 0.851. The van der Waals surface area contributed by atoms with Crippen LogP contribution in [0.4, 0.5) is 0 Å². The van der Waals surface area contributed by atoms with E-state index in [1.807, 2.05) is 19.1 Å². The molecule has 0 spiro atoms. The van der Waals surface area contributed by atoms with E-state index in [0.717, 1.165) is 19.4 Å². The molecule has 2 rings (SSSR count). The van der Waals surface area contributed by atoms with Crippen molar-refractivity contribution in [2.45, 2.75) is 37.6 Å². The maximum Gasteiger partial charge on any atom is 0.237 e. The predicted octanol–water partition coefficient (Wildman–Crippen LogP) is 0.974. The van der Waals surface area contributed by atoms with Crippen molar-refractivity contribution in [3.8, 4) is 0 Å². The summed E-state index contributed by atoms with van der Waals surface area (Å²) in [6.07, 6.45) is 3.18. The van der Waals surface area contributed by atoms with E-state index in [1.54, 1.807) is 6.26 Å². The molecule has 2 N–H and O–H groups in total. The van der Waals surface area contributed by atoms with Gasteiger partial charge in [-0.2, -0.15) is 0 Å². The lowest BCUT2D eigenvalue weighted by molar-refractivity contribution is -0.123. The van der Waals surface area contributed by atoms with Gasteiger partial charge >= 0.3 is 0 Å². The van der Waals surface area contributed by atoms with E-state index in [9.17, 15) is 9.00 Å². The van der Waals surface area contributed by atoms with Crippen molar-refractivity contribution in [2.24, 2.45) is 0 Å². The van der Waals surface area contributed by atoms with Crippen LogP contribution in [0, 0.1) is 0 Å². The molecule has 0 fully saturated rings. The van der Waals surface area contributed by atoms with Gasteiger partial charge in [0.25, 0.3) is 0 Å². The maximum atomic E-state index is 12.1. The van der Waals surface area contributed by atoms with Crippen LogP contribution in [-0.4, -0.2) is 34.2 Å². The van der Waals surface area contributed by atoms with Gasteiger partial charge in [0.05, 0.1) is 6.04 Å². The van der Waals surface area contributed by atoms with Gasteiger partial charge in [0, 0.05) is 35.4 Å². The Labute approximate surface area is 122 Å². The highest BCUT2D eigenvalue weighted by atomic mass is 32.2. The molecule has 5 heteroatoms. The summed E-state index contributed by atoms with van der Waals surface area (Å²) >= 11 is 0. The van der Waals surface area contributed by atoms with E-state index in [2.05, 4.69) is 22.8 Å². The predicted molar refractivity (Wildman–Crippen MR) is 81.9 cm³/mol. The SMILES string of the molecule is CC(CCNC(=O)[C@@H]1Cc2ccccc2CN1)S(C)=O. The molecule has 1 heterocycles. The molecule has 0 aromatic heterocycles. The number of nitrogens with one attached hydrogen (secondary N) is 2. The molecular formula is C15H22N2O2S. The van der Waals surface area contributed by atoms with Crippen molar-refractivity contribution in [1.82, 2.24) is 10.6 Å². The molecule has 0 saturated carbocycles. The van der Waals surface area contributed by atoms with Gasteiger partial charge in [-0.05, 0) is 24.0 Å². The third-order valence-electron chi connectivity index (χ3n) is 3.81. The van der Waals surface area contributed by atoms with Crippen LogP contribution in [0.5, 0.6) is 0 Å². The van der Waals surface area contributed by atoms with Crippen LogP contribution in [-0.2, 0) is 28.6 Å². The number of carbonyl (C=O) groups is 1. The zero-order chi connectivity index (χ0) is 14.5. The van der Waals surface area contributed by atoms with Gasteiger partial charge in [0.2, 0.25) is 5.91 Å². The fourth-order valence-corrected chi connectivity index (χ4v) is 2.78. The lowest BCUT2D eigenvalue weighted by atomic mass is 9.95. The molecule has 3 atom stereocenters. The molecular weight excluding hydrogens is 272 g/mol. The first-order chi connectivity index (χ1) is 9.58. The van der Waals surface area contributed by atoms with Crippen molar-refractivity contribution in [1.29, 1.82) is 0 Å². The third-order valence-corrected chi connectivity index (χ3v) is 5.18. The van der Waals surface area contributed by atoms with E-state index < -0.39 is 10.8 Å². The molecule has 0 saturated heterocycles. The van der Waals surface area contributed by atoms with Crippen LogP contribution in [0.25, 0.3) is 0 Å². The Kier molecular flexibility index (Phi) is 5.31. The van der Waals surface area contributed by atoms with E-state index in [-0.39, 0.29) is 17.2 Å². The minimum Gasteiger partial charge on any atom is -0.355 e. The third kappa shape index (κ3) is 3.90. The van der Waals surface area contributed by atoms with E-state index in [4.69, 9.17) is 0 Å². The topological polar surface area (TPSA) is 58.2 Å². The van der Waals surface area contributed by atoms with E-state index in [0.29, 0.717) is 6.54 Å². The van der Waals surface area contributed by atoms with Gasteiger partial charge in [-0.25, -0.2) is 0 Å². The first-order valence-electron chi connectivity index (χ1n) is 6.98.